The maximum Gasteiger partial charge on any atom is 0.200 e. The molecule has 0 amide bonds. The number of halogens is 5. The highest BCUT2D eigenvalue weighted by molar-refractivity contribution is 5.24. The normalized spacial score (nSPS) is 29.1. The Balaban J connectivity index is 1.93. The van der Waals surface area contributed by atoms with Crippen molar-refractivity contribution in [1.82, 2.24) is 4.90 Å². The maximum absolute atomic E-state index is 13.7. The Morgan fingerprint density at radius 3 is 1.71 bits per heavy atom. The number of benzene rings is 1. The maximum atomic E-state index is 13.7. The molecule has 21 heavy (non-hydrogen) atoms. The molecule has 2 saturated heterocycles. The Morgan fingerprint density at radius 2 is 1.24 bits per heavy atom. The van der Waals surface area contributed by atoms with Crippen molar-refractivity contribution in [3.8, 4) is 0 Å². The molecule has 0 saturated carbocycles. The van der Waals surface area contributed by atoms with Gasteiger partial charge in [-0.2, -0.15) is 0 Å². The molecule has 1 aromatic rings. The first kappa shape index (κ1) is 14.7. The predicted octanol–water partition coefficient (Wildman–Crippen LogP) is 2.84. The van der Waals surface area contributed by atoms with Gasteiger partial charge in [0.05, 0.1) is 0 Å². The summed E-state index contributed by atoms with van der Waals surface area (Å²) >= 11 is 0. The van der Waals surface area contributed by atoms with Crippen molar-refractivity contribution < 1.29 is 22.0 Å². The van der Waals surface area contributed by atoms with Crippen molar-refractivity contribution in [2.75, 3.05) is 0 Å². The summed E-state index contributed by atoms with van der Waals surface area (Å²) in [6.45, 7) is -0.270. The van der Waals surface area contributed by atoms with Gasteiger partial charge in [-0.1, -0.05) is 0 Å². The van der Waals surface area contributed by atoms with Crippen LogP contribution >= 0.6 is 0 Å². The van der Waals surface area contributed by atoms with E-state index in [9.17, 15) is 22.0 Å². The van der Waals surface area contributed by atoms with Gasteiger partial charge in [0.2, 0.25) is 5.82 Å². The smallest absolute Gasteiger partial charge is 0.200 e. The Bertz CT molecular complexity index is 534. The van der Waals surface area contributed by atoms with Crippen LogP contribution in [0.3, 0.4) is 0 Å². The highest BCUT2D eigenvalue weighted by atomic mass is 19.2. The second-order valence-electron chi connectivity index (χ2n) is 5.84. The van der Waals surface area contributed by atoms with E-state index < -0.39 is 34.6 Å². The Labute approximate surface area is 118 Å². The molecule has 0 radical (unpaired) electrons. The summed E-state index contributed by atoms with van der Waals surface area (Å²) in [5.74, 6) is -9.35. The summed E-state index contributed by atoms with van der Waals surface area (Å²) in [5, 5.41) is 0. The molecule has 3 rings (SSSR count). The first-order chi connectivity index (χ1) is 9.90. The molecule has 0 aliphatic carbocycles. The predicted molar refractivity (Wildman–Crippen MR) is 65.8 cm³/mol. The lowest BCUT2D eigenvalue weighted by atomic mass is 9.97. The lowest BCUT2D eigenvalue weighted by Gasteiger charge is -2.37. The number of nitrogens with zero attached hydrogens (tertiary/aromatic N) is 1. The molecule has 2 aliphatic rings. The number of rotatable bonds is 2. The fourth-order valence-electron chi connectivity index (χ4n) is 3.55. The van der Waals surface area contributed by atoms with Gasteiger partial charge in [-0.25, -0.2) is 22.0 Å². The zero-order valence-corrected chi connectivity index (χ0v) is 11.2. The van der Waals surface area contributed by atoms with Crippen molar-refractivity contribution in [2.24, 2.45) is 5.73 Å². The summed E-state index contributed by atoms with van der Waals surface area (Å²) in [4.78, 5) is 1.82. The molecular formula is C14H15F5N2. The Morgan fingerprint density at radius 1 is 0.810 bits per heavy atom. The average Bonchev–Trinajstić information content (AvgIpc) is 2.69. The third kappa shape index (κ3) is 2.32. The van der Waals surface area contributed by atoms with E-state index in [1.165, 1.54) is 0 Å². The topological polar surface area (TPSA) is 29.3 Å². The van der Waals surface area contributed by atoms with Crippen LogP contribution in [0.4, 0.5) is 22.0 Å². The highest BCUT2D eigenvalue weighted by Gasteiger charge is 2.40. The minimum atomic E-state index is -2.11. The summed E-state index contributed by atoms with van der Waals surface area (Å²) in [7, 11) is 0. The number of hydrogen-bond acceptors (Lipinski definition) is 2. The first-order valence-electron chi connectivity index (χ1n) is 6.91. The summed E-state index contributed by atoms with van der Waals surface area (Å²) in [6.07, 6.45) is 3.05. The van der Waals surface area contributed by atoms with Gasteiger partial charge in [-0.15, -0.1) is 0 Å². The molecule has 2 aliphatic heterocycles. The van der Waals surface area contributed by atoms with Gasteiger partial charge in [0, 0.05) is 30.2 Å². The van der Waals surface area contributed by atoms with Crippen LogP contribution in [-0.2, 0) is 6.54 Å². The van der Waals surface area contributed by atoms with E-state index in [-0.39, 0.29) is 24.7 Å². The SMILES string of the molecule is NC1CC2CCC(C1)N2Cc1c(F)c(F)c(F)c(F)c1F. The van der Waals surface area contributed by atoms with E-state index in [2.05, 4.69) is 0 Å². The van der Waals surface area contributed by atoms with Crippen LogP contribution in [0.2, 0.25) is 0 Å². The molecule has 2 heterocycles. The van der Waals surface area contributed by atoms with Crippen molar-refractivity contribution in [3.63, 3.8) is 0 Å². The third-order valence-electron chi connectivity index (χ3n) is 4.56. The second-order valence-corrected chi connectivity index (χ2v) is 5.84. The third-order valence-corrected chi connectivity index (χ3v) is 4.56. The van der Waals surface area contributed by atoms with E-state index in [0.717, 1.165) is 12.8 Å². The van der Waals surface area contributed by atoms with Gasteiger partial charge in [0.25, 0.3) is 0 Å². The molecule has 2 fully saturated rings. The lowest BCUT2D eigenvalue weighted by molar-refractivity contribution is 0.116. The quantitative estimate of drug-likeness (QED) is 0.517. The minimum Gasteiger partial charge on any atom is -0.328 e. The summed E-state index contributed by atoms with van der Waals surface area (Å²) in [6, 6.07) is 0.137. The molecule has 2 atom stereocenters. The van der Waals surface area contributed by atoms with Crippen molar-refractivity contribution >= 4 is 0 Å². The first-order valence-corrected chi connectivity index (χ1v) is 6.91. The lowest BCUT2D eigenvalue weighted by Crippen LogP contribution is -2.47. The van der Waals surface area contributed by atoms with E-state index in [1.54, 1.807) is 0 Å². The zero-order chi connectivity index (χ0) is 15.3. The van der Waals surface area contributed by atoms with Crippen molar-refractivity contribution in [1.29, 1.82) is 0 Å². The van der Waals surface area contributed by atoms with Crippen LogP contribution < -0.4 is 5.73 Å². The zero-order valence-electron chi connectivity index (χ0n) is 11.2. The van der Waals surface area contributed by atoms with E-state index in [1.807, 2.05) is 4.90 Å². The van der Waals surface area contributed by atoms with Gasteiger partial charge in [0.15, 0.2) is 23.3 Å². The van der Waals surface area contributed by atoms with Crippen LogP contribution in [0.5, 0.6) is 0 Å². The van der Waals surface area contributed by atoms with Crippen LogP contribution in [0.1, 0.15) is 31.2 Å². The van der Waals surface area contributed by atoms with Crippen molar-refractivity contribution in [2.45, 2.75) is 50.4 Å². The van der Waals surface area contributed by atoms with Crippen LogP contribution in [0, 0.1) is 29.1 Å². The van der Waals surface area contributed by atoms with Crippen LogP contribution in [-0.4, -0.2) is 23.0 Å². The van der Waals surface area contributed by atoms with Gasteiger partial charge in [-0.3, -0.25) is 4.90 Å². The number of nitrogens with two attached hydrogens (primary N) is 1. The molecule has 0 spiro atoms. The summed E-state index contributed by atoms with van der Waals surface area (Å²) in [5.41, 5.74) is 5.14. The van der Waals surface area contributed by atoms with Gasteiger partial charge < -0.3 is 5.73 Å². The fraction of sp³-hybridized carbons (Fsp3) is 0.571. The number of fused-ring (bicyclic) bond motifs is 2. The Hall–Kier alpha value is -1.21. The van der Waals surface area contributed by atoms with Gasteiger partial charge in [0.1, 0.15) is 0 Å². The van der Waals surface area contributed by atoms with Gasteiger partial charge in [-0.05, 0) is 25.7 Å². The van der Waals surface area contributed by atoms with E-state index >= 15 is 0 Å². The minimum absolute atomic E-state index is 0.0372. The highest BCUT2D eigenvalue weighted by Crippen LogP contribution is 2.37. The fourth-order valence-corrected chi connectivity index (χ4v) is 3.55. The van der Waals surface area contributed by atoms with E-state index in [0.29, 0.717) is 12.8 Å². The van der Waals surface area contributed by atoms with Crippen molar-refractivity contribution in [3.05, 3.63) is 34.6 Å². The number of piperidine rings is 1. The molecule has 7 heteroatoms. The van der Waals surface area contributed by atoms with Crippen LogP contribution in [0.25, 0.3) is 0 Å². The monoisotopic (exact) mass is 306 g/mol. The molecule has 2 nitrogen and oxygen atoms in total. The molecule has 2 N–H and O–H groups in total. The summed E-state index contributed by atoms with van der Waals surface area (Å²) < 4.78 is 67.0. The largest absolute Gasteiger partial charge is 0.328 e. The molecule has 0 aromatic heterocycles. The number of hydrogen-bond donors (Lipinski definition) is 1. The van der Waals surface area contributed by atoms with Gasteiger partial charge >= 0.3 is 0 Å². The van der Waals surface area contributed by atoms with E-state index in [4.69, 9.17) is 5.73 Å². The molecule has 2 bridgehead atoms. The molecule has 2 unspecified atom stereocenters. The Kier molecular flexibility index (Phi) is 3.65. The molecule has 116 valence electrons. The standard InChI is InChI=1S/C14H15F5N2/c15-10-9(11(16)13(18)14(19)12(10)17)5-21-7-1-2-8(21)4-6(20)3-7/h6-8H,1-5,20H2. The molecule has 1 aromatic carbocycles. The molecular weight excluding hydrogens is 291 g/mol. The van der Waals surface area contributed by atoms with Crippen LogP contribution in [0.15, 0.2) is 0 Å². The second kappa shape index (κ2) is 5.21. The average molecular weight is 306 g/mol.